The van der Waals surface area contributed by atoms with Crippen LogP contribution in [0.3, 0.4) is 0 Å². The van der Waals surface area contributed by atoms with Crippen molar-refractivity contribution in [3.63, 3.8) is 0 Å². The number of hydrogen-bond donors (Lipinski definition) is 0. The minimum atomic E-state index is 0.538. The van der Waals surface area contributed by atoms with Gasteiger partial charge in [-0.2, -0.15) is 0 Å². The van der Waals surface area contributed by atoms with E-state index in [1.54, 1.807) is 11.3 Å². The minimum Gasteiger partial charge on any atom is -0.355 e. The normalized spacial score (nSPS) is 15.2. The van der Waals surface area contributed by atoms with Gasteiger partial charge in [-0.1, -0.05) is 0 Å². The topological polar surface area (TPSA) is 15.6 Å². The van der Waals surface area contributed by atoms with Gasteiger partial charge in [-0.3, -0.25) is 4.99 Å². The lowest BCUT2D eigenvalue weighted by atomic mass is 10.3. The Morgan fingerprint density at radius 1 is 1.54 bits per heavy atom. The molecule has 2 rings (SSSR count). The van der Waals surface area contributed by atoms with E-state index in [1.165, 1.54) is 15.5 Å². The Morgan fingerprint density at radius 3 is 3.00 bits per heavy atom. The smallest absolute Gasteiger partial charge is 0.121 e. The largest absolute Gasteiger partial charge is 0.355 e. The third-order valence-electron chi connectivity index (χ3n) is 2.34. The van der Waals surface area contributed by atoms with Crippen LogP contribution in [0.1, 0.15) is 19.4 Å². The molecule has 1 aliphatic heterocycles. The Kier molecular flexibility index (Phi) is 2.12. The van der Waals surface area contributed by atoms with E-state index in [9.17, 15) is 0 Å². The van der Waals surface area contributed by atoms with E-state index >= 15 is 0 Å². The number of nitrogens with zero attached hydrogens (tertiary/aromatic N) is 2. The zero-order chi connectivity index (χ0) is 9.42. The van der Waals surface area contributed by atoms with E-state index < -0.39 is 0 Å². The molecule has 0 fully saturated rings. The van der Waals surface area contributed by atoms with Gasteiger partial charge in [-0.15, -0.1) is 11.3 Å². The summed E-state index contributed by atoms with van der Waals surface area (Å²) in [5.41, 5.74) is 1.34. The molecule has 0 saturated carbocycles. The summed E-state index contributed by atoms with van der Waals surface area (Å²) in [4.78, 5) is 6.80. The Balaban J connectivity index is 2.53. The summed E-state index contributed by atoms with van der Waals surface area (Å²) in [6, 6.07) is 0.538. The summed E-state index contributed by atoms with van der Waals surface area (Å²) in [5.74, 6) is 0. The molecular weight excluding hydrogens is 180 g/mol. The lowest BCUT2D eigenvalue weighted by molar-refractivity contribution is 0.345. The molecule has 1 aliphatic rings. The molecule has 0 aromatic carbocycles. The zero-order valence-corrected chi connectivity index (χ0v) is 9.06. The molecular formula is C10H14N2S. The van der Waals surface area contributed by atoms with Gasteiger partial charge in [0.1, 0.15) is 11.3 Å². The van der Waals surface area contributed by atoms with Gasteiger partial charge in [0.25, 0.3) is 0 Å². The first-order chi connectivity index (χ1) is 6.18. The highest BCUT2D eigenvalue weighted by Crippen LogP contribution is 2.02. The molecule has 0 N–H and O–H groups in total. The van der Waals surface area contributed by atoms with Crippen LogP contribution in [0.5, 0.6) is 0 Å². The SMILES string of the molecule is Cc1csc2c1=CN(C(C)C)CN=2. The highest BCUT2D eigenvalue weighted by atomic mass is 32.1. The predicted octanol–water partition coefficient (Wildman–Crippen LogP) is 1.10. The molecule has 0 spiro atoms. The van der Waals surface area contributed by atoms with Gasteiger partial charge >= 0.3 is 0 Å². The van der Waals surface area contributed by atoms with Gasteiger partial charge in [0, 0.05) is 17.5 Å². The lowest BCUT2D eigenvalue weighted by Crippen LogP contribution is -2.37. The molecule has 1 aromatic rings. The molecule has 0 bridgehead atoms. The second-order valence-electron chi connectivity index (χ2n) is 3.67. The van der Waals surface area contributed by atoms with E-state index in [0.717, 1.165) is 6.67 Å². The standard InChI is InChI=1S/C10H14N2S/c1-7(2)12-4-9-8(3)5-13-10(9)11-6-12/h4-5,7H,6H2,1-3H3. The van der Waals surface area contributed by atoms with Crippen LogP contribution in [0.2, 0.25) is 0 Å². The fourth-order valence-electron chi connectivity index (χ4n) is 1.38. The maximum atomic E-state index is 4.53. The highest BCUT2D eigenvalue weighted by Gasteiger charge is 2.08. The summed E-state index contributed by atoms with van der Waals surface area (Å²) in [6.45, 7) is 7.34. The summed E-state index contributed by atoms with van der Waals surface area (Å²) in [5, 5.41) is 3.49. The molecule has 0 atom stereocenters. The summed E-state index contributed by atoms with van der Waals surface area (Å²) in [7, 11) is 0. The van der Waals surface area contributed by atoms with Crippen LogP contribution in [0.15, 0.2) is 10.4 Å². The van der Waals surface area contributed by atoms with Crippen molar-refractivity contribution in [2.75, 3.05) is 6.67 Å². The number of rotatable bonds is 1. The van der Waals surface area contributed by atoms with Crippen LogP contribution < -0.4 is 9.89 Å². The molecule has 1 aromatic heterocycles. The van der Waals surface area contributed by atoms with Crippen molar-refractivity contribution in [1.82, 2.24) is 4.90 Å². The monoisotopic (exact) mass is 194 g/mol. The second-order valence-corrected chi connectivity index (χ2v) is 4.53. The first-order valence-electron chi connectivity index (χ1n) is 4.54. The Hall–Kier alpha value is -0.830. The van der Waals surface area contributed by atoms with Crippen molar-refractivity contribution in [1.29, 1.82) is 0 Å². The van der Waals surface area contributed by atoms with Crippen molar-refractivity contribution in [3.8, 4) is 0 Å². The van der Waals surface area contributed by atoms with Gasteiger partial charge in [0.15, 0.2) is 0 Å². The van der Waals surface area contributed by atoms with Crippen molar-refractivity contribution in [2.45, 2.75) is 26.8 Å². The van der Waals surface area contributed by atoms with Crippen LogP contribution in [-0.2, 0) is 0 Å². The molecule has 2 heterocycles. The zero-order valence-electron chi connectivity index (χ0n) is 8.24. The molecule has 2 nitrogen and oxygen atoms in total. The quantitative estimate of drug-likeness (QED) is 0.653. The first kappa shape index (κ1) is 8.75. The van der Waals surface area contributed by atoms with Gasteiger partial charge in [-0.25, -0.2) is 0 Å². The first-order valence-corrected chi connectivity index (χ1v) is 5.42. The van der Waals surface area contributed by atoms with Crippen molar-refractivity contribution < 1.29 is 0 Å². The molecule has 13 heavy (non-hydrogen) atoms. The van der Waals surface area contributed by atoms with E-state index in [4.69, 9.17) is 0 Å². The number of thiophene rings is 1. The van der Waals surface area contributed by atoms with Crippen LogP contribution in [0, 0.1) is 6.92 Å². The molecule has 0 aliphatic carbocycles. The number of aryl methyl sites for hydroxylation is 1. The predicted molar refractivity (Wildman–Crippen MR) is 56.1 cm³/mol. The minimum absolute atomic E-state index is 0.538. The van der Waals surface area contributed by atoms with Crippen LogP contribution >= 0.6 is 11.3 Å². The summed E-state index contributed by atoms with van der Waals surface area (Å²) >= 11 is 1.74. The van der Waals surface area contributed by atoms with Crippen molar-refractivity contribution >= 4 is 17.5 Å². The van der Waals surface area contributed by atoms with E-state index in [0.29, 0.717) is 6.04 Å². The van der Waals surface area contributed by atoms with Gasteiger partial charge in [0.05, 0.1) is 0 Å². The summed E-state index contributed by atoms with van der Waals surface area (Å²) in [6.07, 6.45) is 2.23. The average molecular weight is 194 g/mol. The Bertz CT molecular complexity index is 417. The van der Waals surface area contributed by atoms with Gasteiger partial charge in [0.2, 0.25) is 0 Å². The van der Waals surface area contributed by atoms with Crippen molar-refractivity contribution in [2.24, 2.45) is 4.99 Å². The fourth-order valence-corrected chi connectivity index (χ4v) is 2.27. The second kappa shape index (κ2) is 3.14. The van der Waals surface area contributed by atoms with E-state index in [2.05, 4.69) is 42.2 Å². The number of hydrogen-bond acceptors (Lipinski definition) is 3. The fraction of sp³-hybridized carbons (Fsp3) is 0.500. The van der Waals surface area contributed by atoms with Gasteiger partial charge < -0.3 is 4.90 Å². The third-order valence-corrected chi connectivity index (χ3v) is 3.38. The highest BCUT2D eigenvalue weighted by molar-refractivity contribution is 7.07. The van der Waals surface area contributed by atoms with E-state index in [1.807, 2.05) is 0 Å². The molecule has 0 saturated heterocycles. The molecule has 0 unspecified atom stereocenters. The maximum absolute atomic E-state index is 4.53. The average Bonchev–Trinajstić information content (AvgIpc) is 2.47. The van der Waals surface area contributed by atoms with Crippen LogP contribution in [-0.4, -0.2) is 17.6 Å². The van der Waals surface area contributed by atoms with Crippen LogP contribution in [0.4, 0.5) is 0 Å². The molecule has 3 heteroatoms. The lowest BCUT2D eigenvalue weighted by Gasteiger charge is -2.24. The maximum Gasteiger partial charge on any atom is 0.121 e. The van der Waals surface area contributed by atoms with Gasteiger partial charge in [-0.05, 0) is 31.7 Å². The van der Waals surface area contributed by atoms with Crippen molar-refractivity contribution in [3.05, 3.63) is 20.8 Å². The Labute approximate surface area is 82.2 Å². The Morgan fingerprint density at radius 2 is 2.31 bits per heavy atom. The molecule has 0 amide bonds. The summed E-state index contributed by atoms with van der Waals surface area (Å²) < 4.78 is 1.19. The third kappa shape index (κ3) is 1.48. The molecule has 70 valence electrons. The van der Waals surface area contributed by atoms with E-state index in [-0.39, 0.29) is 0 Å². The van der Waals surface area contributed by atoms with Crippen LogP contribution in [0.25, 0.3) is 6.20 Å². The number of fused-ring (bicyclic) bond motifs is 1. The molecule has 0 radical (unpaired) electrons.